The lowest BCUT2D eigenvalue weighted by atomic mass is 10.5. The van der Waals surface area contributed by atoms with Gasteiger partial charge in [0.25, 0.3) is 0 Å². The van der Waals surface area contributed by atoms with Crippen molar-refractivity contribution in [3.63, 3.8) is 0 Å². The molecule has 32 valence electrons. The van der Waals surface area contributed by atoms with Gasteiger partial charge in [0, 0.05) is 19.6 Å². The zero-order valence-corrected chi connectivity index (χ0v) is 4.25. The number of hydrogen-bond donors (Lipinski definition) is 1. The molecule has 1 N–H and O–H groups in total. The first-order chi connectivity index (χ1) is 1.73. The molecular formula is C3H8OS. The molecule has 0 saturated carbocycles. The quantitative estimate of drug-likeness (QED) is 0.473. The Kier molecular flexibility index (Phi) is 7.76. The van der Waals surface area contributed by atoms with E-state index in [1.165, 1.54) is 0 Å². The molecular weight excluding hydrogens is 84.1 g/mol. The highest BCUT2D eigenvalue weighted by molar-refractivity contribution is 7.59. The molecule has 0 amide bonds. The predicted octanol–water partition coefficient (Wildman–Crippen LogP) is 1.04. The summed E-state index contributed by atoms with van der Waals surface area (Å²) in [5.41, 5.74) is 0. The van der Waals surface area contributed by atoms with Crippen molar-refractivity contribution in [2.45, 2.75) is 20.0 Å². The van der Waals surface area contributed by atoms with Crippen molar-refractivity contribution in [2.75, 3.05) is 0 Å². The maximum atomic E-state index is 8.06. The average molecular weight is 92.2 g/mol. The number of hydrogen-bond acceptors (Lipinski definition) is 1. The Balaban J connectivity index is 0. The summed E-state index contributed by atoms with van der Waals surface area (Å²) in [6, 6.07) is 0. The van der Waals surface area contributed by atoms with Gasteiger partial charge >= 0.3 is 0 Å². The Bertz CT molecular complexity index is 11.6. The number of rotatable bonds is 0. The molecule has 1 nitrogen and oxygen atoms in total. The zero-order chi connectivity index (χ0) is 3.58. The SMILES string of the molecule is CC(C)O.[S]. The Hall–Kier alpha value is 0.310. The van der Waals surface area contributed by atoms with Gasteiger partial charge < -0.3 is 5.11 Å². The van der Waals surface area contributed by atoms with Crippen LogP contribution in [0.3, 0.4) is 0 Å². The molecule has 2 heteroatoms. The van der Waals surface area contributed by atoms with E-state index >= 15 is 0 Å². The van der Waals surface area contributed by atoms with Gasteiger partial charge in [0.1, 0.15) is 0 Å². The lowest BCUT2D eigenvalue weighted by Gasteiger charge is -1.80. The summed E-state index contributed by atoms with van der Waals surface area (Å²) in [6.07, 6.45) is -0.167. The fourth-order valence-corrected chi connectivity index (χ4v) is 0. The summed E-state index contributed by atoms with van der Waals surface area (Å²) in [7, 11) is 0. The normalized spacial score (nSPS) is 7.20. The van der Waals surface area contributed by atoms with Gasteiger partial charge in [-0.2, -0.15) is 0 Å². The molecule has 0 heterocycles. The molecule has 0 spiro atoms. The third kappa shape index (κ3) is 239. The molecule has 0 saturated heterocycles. The maximum Gasteiger partial charge on any atom is 0.0483 e. The lowest BCUT2D eigenvalue weighted by molar-refractivity contribution is 0.216. The topological polar surface area (TPSA) is 20.2 Å². The Labute approximate surface area is 39.5 Å². The smallest absolute Gasteiger partial charge is 0.0483 e. The van der Waals surface area contributed by atoms with Gasteiger partial charge in [-0.25, -0.2) is 0 Å². The molecule has 0 atom stereocenters. The summed E-state index contributed by atoms with van der Waals surface area (Å²) in [5.74, 6) is 0. The molecule has 0 aliphatic heterocycles. The maximum absolute atomic E-state index is 8.06. The van der Waals surface area contributed by atoms with Crippen LogP contribution in [0, 0.1) is 0 Å². The third-order valence-corrected chi connectivity index (χ3v) is 0. The van der Waals surface area contributed by atoms with Crippen LogP contribution in [0.15, 0.2) is 0 Å². The van der Waals surface area contributed by atoms with E-state index in [0.717, 1.165) is 0 Å². The minimum Gasteiger partial charge on any atom is -0.394 e. The van der Waals surface area contributed by atoms with Crippen LogP contribution in [0.2, 0.25) is 0 Å². The van der Waals surface area contributed by atoms with Crippen LogP contribution < -0.4 is 0 Å². The molecule has 0 unspecified atom stereocenters. The monoisotopic (exact) mass is 92.0 g/mol. The molecule has 0 aromatic heterocycles. The van der Waals surface area contributed by atoms with Crippen LogP contribution in [0.5, 0.6) is 0 Å². The molecule has 0 aliphatic carbocycles. The fraction of sp³-hybridized carbons (Fsp3) is 1.00. The van der Waals surface area contributed by atoms with Gasteiger partial charge in [0.15, 0.2) is 0 Å². The summed E-state index contributed by atoms with van der Waals surface area (Å²) in [4.78, 5) is 0. The van der Waals surface area contributed by atoms with E-state index in [1.54, 1.807) is 13.8 Å². The number of aliphatic hydroxyl groups excluding tert-OH is 1. The van der Waals surface area contributed by atoms with Gasteiger partial charge in [0.05, 0.1) is 0 Å². The third-order valence-electron chi connectivity index (χ3n) is 0. The van der Waals surface area contributed by atoms with E-state index in [-0.39, 0.29) is 19.6 Å². The van der Waals surface area contributed by atoms with E-state index < -0.39 is 0 Å². The molecule has 0 aliphatic rings. The summed E-state index contributed by atoms with van der Waals surface area (Å²) in [5, 5.41) is 8.06. The fourth-order valence-electron chi connectivity index (χ4n) is 0. The summed E-state index contributed by atoms with van der Waals surface area (Å²) < 4.78 is 0. The van der Waals surface area contributed by atoms with Gasteiger partial charge in [-0.15, -0.1) is 0 Å². The molecule has 0 rings (SSSR count). The van der Waals surface area contributed by atoms with E-state index in [9.17, 15) is 0 Å². The van der Waals surface area contributed by atoms with E-state index in [2.05, 4.69) is 0 Å². The van der Waals surface area contributed by atoms with Gasteiger partial charge in [-0.05, 0) is 13.8 Å². The predicted molar refractivity (Wildman–Crippen MR) is 24.9 cm³/mol. The Morgan fingerprint density at radius 1 is 1.40 bits per heavy atom. The van der Waals surface area contributed by atoms with Crippen LogP contribution in [0.25, 0.3) is 0 Å². The van der Waals surface area contributed by atoms with Crippen molar-refractivity contribution in [3.8, 4) is 0 Å². The second-order valence-electron chi connectivity index (χ2n) is 1.09. The van der Waals surface area contributed by atoms with Crippen molar-refractivity contribution in [1.82, 2.24) is 0 Å². The number of aliphatic hydroxyl groups is 1. The molecule has 2 radical (unpaired) electrons. The van der Waals surface area contributed by atoms with E-state index in [1.807, 2.05) is 0 Å². The second kappa shape index (κ2) is 4.31. The summed E-state index contributed by atoms with van der Waals surface area (Å²) in [6.45, 7) is 3.44. The van der Waals surface area contributed by atoms with Crippen LogP contribution >= 0.6 is 13.5 Å². The van der Waals surface area contributed by atoms with Gasteiger partial charge in [0.2, 0.25) is 0 Å². The molecule has 0 aromatic carbocycles. The average Bonchev–Trinajstić information content (AvgIpc) is 0.811. The van der Waals surface area contributed by atoms with Crippen LogP contribution in [0.1, 0.15) is 13.8 Å². The standard InChI is InChI=1S/C3H8O.S/c1-3(2)4;/h3-4H,1-2H3;. The first-order valence-electron chi connectivity index (χ1n) is 1.41. The lowest BCUT2D eigenvalue weighted by Crippen LogP contribution is -1.85. The Morgan fingerprint density at radius 3 is 1.40 bits per heavy atom. The minimum absolute atomic E-state index is 0. The first kappa shape index (κ1) is 9.00. The highest BCUT2D eigenvalue weighted by Gasteiger charge is 1.69. The second-order valence-corrected chi connectivity index (χ2v) is 1.09. The van der Waals surface area contributed by atoms with Gasteiger partial charge in [-0.3, -0.25) is 0 Å². The van der Waals surface area contributed by atoms with E-state index in [0.29, 0.717) is 0 Å². The highest BCUT2D eigenvalue weighted by Crippen LogP contribution is 1.65. The molecule has 0 aromatic rings. The van der Waals surface area contributed by atoms with Crippen LogP contribution in [-0.4, -0.2) is 11.2 Å². The van der Waals surface area contributed by atoms with Crippen molar-refractivity contribution < 1.29 is 5.11 Å². The summed E-state index contributed by atoms with van der Waals surface area (Å²) >= 11 is 0. The van der Waals surface area contributed by atoms with Crippen molar-refractivity contribution >= 4 is 13.5 Å². The molecule has 0 bridgehead atoms. The van der Waals surface area contributed by atoms with Crippen LogP contribution in [-0.2, 0) is 0 Å². The minimum atomic E-state index is -0.167. The van der Waals surface area contributed by atoms with Crippen molar-refractivity contribution in [3.05, 3.63) is 0 Å². The van der Waals surface area contributed by atoms with Crippen molar-refractivity contribution in [2.24, 2.45) is 0 Å². The van der Waals surface area contributed by atoms with E-state index in [4.69, 9.17) is 5.11 Å². The largest absolute Gasteiger partial charge is 0.394 e. The zero-order valence-electron chi connectivity index (χ0n) is 3.43. The molecule has 5 heavy (non-hydrogen) atoms. The molecule has 0 fully saturated rings. The van der Waals surface area contributed by atoms with Crippen molar-refractivity contribution in [1.29, 1.82) is 0 Å². The Morgan fingerprint density at radius 2 is 1.40 bits per heavy atom. The highest BCUT2D eigenvalue weighted by atomic mass is 32.1. The first-order valence-corrected chi connectivity index (χ1v) is 1.41. The van der Waals surface area contributed by atoms with Gasteiger partial charge in [-0.1, -0.05) is 0 Å². The van der Waals surface area contributed by atoms with Crippen LogP contribution in [0.4, 0.5) is 0 Å².